The quantitative estimate of drug-likeness (QED) is 0.786. The molecule has 1 aromatic heterocycles. The first kappa shape index (κ1) is 17.5. The van der Waals surface area contributed by atoms with Crippen LogP contribution in [0.15, 0.2) is 30.6 Å². The van der Waals surface area contributed by atoms with Crippen molar-refractivity contribution in [1.29, 1.82) is 0 Å². The van der Waals surface area contributed by atoms with Crippen LogP contribution >= 0.6 is 0 Å². The molecule has 23 heavy (non-hydrogen) atoms. The average molecular weight is 317 g/mol. The molecule has 0 radical (unpaired) electrons. The van der Waals surface area contributed by atoms with Crippen molar-refractivity contribution in [3.63, 3.8) is 0 Å². The van der Waals surface area contributed by atoms with Crippen LogP contribution in [0, 0.1) is 5.41 Å². The van der Waals surface area contributed by atoms with Gasteiger partial charge in [0.1, 0.15) is 6.04 Å². The monoisotopic (exact) mass is 317 g/mol. The van der Waals surface area contributed by atoms with E-state index >= 15 is 0 Å². The molecule has 0 spiro atoms. The lowest BCUT2D eigenvalue weighted by molar-refractivity contribution is -0.124. The molecule has 0 bridgehead atoms. The first-order valence-electron chi connectivity index (χ1n) is 8.37. The van der Waals surface area contributed by atoms with Gasteiger partial charge >= 0.3 is 0 Å². The molecule has 0 saturated carbocycles. The Kier molecular flexibility index (Phi) is 5.77. The molecule has 0 aliphatic heterocycles. The van der Waals surface area contributed by atoms with Crippen LogP contribution in [0.4, 0.5) is 0 Å². The molecule has 2 N–H and O–H groups in total. The van der Waals surface area contributed by atoms with Gasteiger partial charge in [-0.3, -0.25) is 4.79 Å². The van der Waals surface area contributed by atoms with E-state index in [0.29, 0.717) is 13.0 Å². The number of hydrogen-bond acceptors (Lipinski definition) is 3. The molecule has 1 amide bonds. The van der Waals surface area contributed by atoms with Gasteiger partial charge in [0.25, 0.3) is 0 Å². The Hall–Kier alpha value is -1.88. The highest BCUT2D eigenvalue weighted by Gasteiger charge is 2.27. The molecule has 1 aromatic carbocycles. The van der Waals surface area contributed by atoms with Crippen molar-refractivity contribution in [2.24, 2.45) is 5.41 Å². The zero-order valence-electron chi connectivity index (χ0n) is 14.2. The molecular weight excluding hydrogens is 290 g/mol. The lowest BCUT2D eigenvalue weighted by Gasteiger charge is -2.32. The number of carbonyl (C=O) groups excluding carboxylic acids is 1. The number of aliphatic hydroxyl groups excluding tert-OH is 1. The van der Waals surface area contributed by atoms with Gasteiger partial charge in [-0.05, 0) is 43.7 Å². The molecule has 1 atom stereocenters. The molecule has 1 unspecified atom stereocenters. The van der Waals surface area contributed by atoms with Crippen molar-refractivity contribution in [2.45, 2.75) is 46.1 Å². The van der Waals surface area contributed by atoms with Gasteiger partial charge in [-0.2, -0.15) is 0 Å². The second kappa shape index (κ2) is 7.59. The minimum absolute atomic E-state index is 0.0163. The molecule has 0 saturated heterocycles. The first-order valence-corrected chi connectivity index (χ1v) is 8.37. The number of carbonyl (C=O) groups is 1. The highest BCUT2D eigenvalue weighted by Crippen LogP contribution is 2.29. The lowest BCUT2D eigenvalue weighted by atomic mass is 9.79. The van der Waals surface area contributed by atoms with Gasteiger partial charge in [0.05, 0.1) is 17.4 Å². The summed E-state index contributed by atoms with van der Waals surface area (Å²) in [5.41, 5.74) is 1.83. The van der Waals surface area contributed by atoms with E-state index in [1.54, 1.807) is 6.33 Å². The third-order valence-electron chi connectivity index (χ3n) is 5.06. The number of hydrogen-bond donors (Lipinski definition) is 2. The van der Waals surface area contributed by atoms with Crippen LogP contribution in [0.2, 0.25) is 0 Å². The summed E-state index contributed by atoms with van der Waals surface area (Å²) in [6, 6.07) is 7.49. The maximum Gasteiger partial charge on any atom is 0.242 e. The van der Waals surface area contributed by atoms with Crippen molar-refractivity contribution < 1.29 is 9.90 Å². The summed E-state index contributed by atoms with van der Waals surface area (Å²) in [6.45, 7) is 6.85. The fourth-order valence-corrected chi connectivity index (χ4v) is 3.01. The van der Waals surface area contributed by atoms with Crippen molar-refractivity contribution in [1.82, 2.24) is 14.9 Å². The van der Waals surface area contributed by atoms with E-state index < -0.39 is 0 Å². The third-order valence-corrected chi connectivity index (χ3v) is 5.06. The summed E-state index contributed by atoms with van der Waals surface area (Å²) in [5, 5.41) is 12.3. The molecule has 1 heterocycles. The Bertz CT molecular complexity index is 647. The van der Waals surface area contributed by atoms with Crippen LogP contribution in [0.3, 0.4) is 0 Å². The van der Waals surface area contributed by atoms with Crippen LogP contribution in [0.25, 0.3) is 11.0 Å². The predicted molar refractivity (Wildman–Crippen MR) is 92.2 cm³/mol. The molecule has 0 aliphatic rings. The summed E-state index contributed by atoms with van der Waals surface area (Å²) in [7, 11) is 0. The summed E-state index contributed by atoms with van der Waals surface area (Å²) in [6.07, 6.45) is 4.30. The fraction of sp³-hybridized carbons (Fsp3) is 0.556. The average Bonchev–Trinajstić information content (AvgIpc) is 3.02. The van der Waals surface area contributed by atoms with Crippen molar-refractivity contribution in [3.05, 3.63) is 30.6 Å². The first-order chi connectivity index (χ1) is 11.1. The molecule has 5 heteroatoms. The lowest BCUT2D eigenvalue weighted by Crippen LogP contribution is -2.40. The van der Waals surface area contributed by atoms with Crippen molar-refractivity contribution in [2.75, 3.05) is 13.2 Å². The third kappa shape index (κ3) is 3.72. The molecule has 5 nitrogen and oxygen atoms in total. The summed E-state index contributed by atoms with van der Waals surface area (Å²) in [5.74, 6) is -0.0163. The number of para-hydroxylation sites is 2. The van der Waals surface area contributed by atoms with Crippen molar-refractivity contribution in [3.8, 4) is 0 Å². The SMILES string of the molecule is CCC(CC)(CCO)CNC(=O)C(C)n1cnc2ccccc21. The number of fused-ring (bicyclic) bond motifs is 1. The Labute approximate surface area is 137 Å². The molecular formula is C18H27N3O2. The van der Waals surface area contributed by atoms with Crippen LogP contribution in [-0.4, -0.2) is 33.7 Å². The molecule has 2 rings (SSSR count). The second-order valence-corrected chi connectivity index (χ2v) is 6.22. The number of benzene rings is 1. The zero-order valence-corrected chi connectivity index (χ0v) is 14.2. The van der Waals surface area contributed by atoms with Gasteiger partial charge in [-0.1, -0.05) is 26.0 Å². The Morgan fingerprint density at radius 1 is 1.35 bits per heavy atom. The van der Waals surface area contributed by atoms with E-state index in [9.17, 15) is 9.90 Å². The fourth-order valence-electron chi connectivity index (χ4n) is 3.01. The van der Waals surface area contributed by atoms with E-state index in [0.717, 1.165) is 23.9 Å². The summed E-state index contributed by atoms with van der Waals surface area (Å²) >= 11 is 0. The van der Waals surface area contributed by atoms with E-state index in [2.05, 4.69) is 24.1 Å². The standard InChI is InChI=1S/C18H27N3O2/c1-4-18(5-2,10-11-22)12-19-17(23)14(3)21-13-20-15-8-6-7-9-16(15)21/h6-9,13-14,22H,4-5,10-12H2,1-3H3,(H,19,23). The summed E-state index contributed by atoms with van der Waals surface area (Å²) in [4.78, 5) is 16.9. The minimum atomic E-state index is -0.317. The van der Waals surface area contributed by atoms with E-state index in [1.807, 2.05) is 35.8 Å². The predicted octanol–water partition coefficient (Wildman–Crippen LogP) is 2.90. The van der Waals surface area contributed by atoms with Crippen LogP contribution in [0.1, 0.15) is 46.1 Å². The van der Waals surface area contributed by atoms with Gasteiger partial charge in [-0.15, -0.1) is 0 Å². The largest absolute Gasteiger partial charge is 0.396 e. The molecule has 0 fully saturated rings. The van der Waals surface area contributed by atoms with E-state index in [4.69, 9.17) is 0 Å². The van der Waals surface area contributed by atoms with Gasteiger partial charge in [0, 0.05) is 13.2 Å². The van der Waals surface area contributed by atoms with Crippen LogP contribution in [-0.2, 0) is 4.79 Å². The Morgan fingerprint density at radius 2 is 2.04 bits per heavy atom. The number of aliphatic hydroxyl groups is 1. The van der Waals surface area contributed by atoms with Crippen molar-refractivity contribution >= 4 is 16.9 Å². The van der Waals surface area contributed by atoms with Gasteiger partial charge in [-0.25, -0.2) is 4.98 Å². The highest BCUT2D eigenvalue weighted by atomic mass is 16.3. The highest BCUT2D eigenvalue weighted by molar-refractivity contribution is 5.83. The summed E-state index contributed by atoms with van der Waals surface area (Å²) < 4.78 is 1.90. The molecule has 126 valence electrons. The zero-order chi connectivity index (χ0) is 16.9. The normalized spacial score (nSPS) is 13.2. The van der Waals surface area contributed by atoms with E-state index in [-0.39, 0.29) is 24.0 Å². The maximum atomic E-state index is 12.5. The van der Waals surface area contributed by atoms with Gasteiger partial charge in [0.15, 0.2) is 0 Å². The molecule has 0 aliphatic carbocycles. The van der Waals surface area contributed by atoms with Gasteiger partial charge < -0.3 is 15.0 Å². The maximum absolute atomic E-state index is 12.5. The van der Waals surface area contributed by atoms with Crippen LogP contribution in [0.5, 0.6) is 0 Å². The number of rotatable bonds is 8. The Morgan fingerprint density at radius 3 is 2.70 bits per heavy atom. The Balaban J connectivity index is 2.08. The van der Waals surface area contributed by atoms with E-state index in [1.165, 1.54) is 0 Å². The molecule has 2 aromatic rings. The topological polar surface area (TPSA) is 67.2 Å². The number of nitrogens with one attached hydrogen (secondary N) is 1. The number of imidazole rings is 1. The number of nitrogens with zero attached hydrogens (tertiary/aromatic N) is 2. The number of aromatic nitrogens is 2. The van der Waals surface area contributed by atoms with Gasteiger partial charge in [0.2, 0.25) is 5.91 Å². The minimum Gasteiger partial charge on any atom is -0.396 e. The van der Waals surface area contributed by atoms with Crippen LogP contribution < -0.4 is 5.32 Å². The number of amides is 1. The smallest absolute Gasteiger partial charge is 0.242 e. The second-order valence-electron chi connectivity index (χ2n) is 6.22.